The monoisotopic (exact) mass is 252 g/mol. The maximum Gasteiger partial charge on any atom is 0.131 e. The predicted octanol–water partition coefficient (Wildman–Crippen LogP) is 3.38. The Labute approximate surface area is 103 Å². The molecule has 0 bridgehead atoms. The van der Waals surface area contributed by atoms with Gasteiger partial charge < -0.3 is 5.11 Å². The van der Waals surface area contributed by atoms with E-state index < -0.39 is 23.6 Å². The summed E-state index contributed by atoms with van der Waals surface area (Å²) in [5.41, 5.74) is 0.244. The summed E-state index contributed by atoms with van der Waals surface area (Å²) < 4.78 is 39.5. The maximum absolute atomic E-state index is 13.4. The Hall–Kier alpha value is -1.81. The van der Waals surface area contributed by atoms with Gasteiger partial charge in [0.05, 0.1) is 6.10 Å². The Balaban J connectivity index is 2.22. The van der Waals surface area contributed by atoms with Crippen molar-refractivity contribution >= 4 is 0 Å². The Kier molecular flexibility index (Phi) is 3.67. The molecule has 1 atom stereocenters. The van der Waals surface area contributed by atoms with E-state index in [1.54, 1.807) is 6.07 Å². The molecule has 0 amide bonds. The van der Waals surface area contributed by atoms with Gasteiger partial charge in [-0.25, -0.2) is 13.2 Å². The number of hydrogen-bond acceptors (Lipinski definition) is 1. The van der Waals surface area contributed by atoms with Crippen molar-refractivity contribution in [3.8, 4) is 0 Å². The van der Waals surface area contributed by atoms with Gasteiger partial charge in [0.1, 0.15) is 17.5 Å². The molecule has 2 rings (SSSR count). The van der Waals surface area contributed by atoms with E-state index in [4.69, 9.17) is 0 Å². The molecule has 1 N–H and O–H groups in total. The molecule has 0 aliphatic carbocycles. The molecule has 0 aliphatic heterocycles. The third-order valence-electron chi connectivity index (χ3n) is 2.69. The van der Waals surface area contributed by atoms with Crippen molar-refractivity contribution in [2.75, 3.05) is 0 Å². The fraction of sp³-hybridized carbons (Fsp3) is 0.143. The van der Waals surface area contributed by atoms with Crippen LogP contribution in [0.4, 0.5) is 13.2 Å². The number of rotatable bonds is 3. The van der Waals surface area contributed by atoms with E-state index in [1.165, 1.54) is 18.2 Å². The lowest BCUT2D eigenvalue weighted by atomic mass is 10.0. The third kappa shape index (κ3) is 2.71. The number of benzene rings is 2. The third-order valence-corrected chi connectivity index (χ3v) is 2.69. The molecule has 0 saturated heterocycles. The van der Waals surface area contributed by atoms with Crippen LogP contribution in [-0.2, 0) is 6.42 Å². The van der Waals surface area contributed by atoms with Gasteiger partial charge in [0.25, 0.3) is 0 Å². The van der Waals surface area contributed by atoms with Crippen molar-refractivity contribution in [3.63, 3.8) is 0 Å². The smallest absolute Gasteiger partial charge is 0.131 e. The standard InChI is InChI=1S/C14H11F3O/c15-10-5-6-11(13(17)8-10)14(18)7-9-3-1-2-4-12(9)16/h1-6,8,14,18H,7H2. The van der Waals surface area contributed by atoms with Crippen LogP contribution in [0.3, 0.4) is 0 Å². The molecule has 1 nitrogen and oxygen atoms in total. The van der Waals surface area contributed by atoms with Crippen molar-refractivity contribution < 1.29 is 18.3 Å². The molecule has 94 valence electrons. The van der Waals surface area contributed by atoms with Gasteiger partial charge >= 0.3 is 0 Å². The highest BCUT2D eigenvalue weighted by Gasteiger charge is 2.15. The molecule has 0 aromatic heterocycles. The molecule has 0 aliphatic rings. The summed E-state index contributed by atoms with van der Waals surface area (Å²) in [7, 11) is 0. The Morgan fingerprint density at radius 3 is 2.33 bits per heavy atom. The minimum atomic E-state index is -1.21. The summed E-state index contributed by atoms with van der Waals surface area (Å²) in [4.78, 5) is 0. The fourth-order valence-corrected chi connectivity index (χ4v) is 1.75. The molecule has 0 saturated carbocycles. The van der Waals surface area contributed by atoms with E-state index in [9.17, 15) is 18.3 Å². The topological polar surface area (TPSA) is 20.2 Å². The van der Waals surface area contributed by atoms with Crippen LogP contribution in [0.1, 0.15) is 17.2 Å². The lowest BCUT2D eigenvalue weighted by Crippen LogP contribution is -2.06. The number of halogens is 3. The highest BCUT2D eigenvalue weighted by Crippen LogP contribution is 2.22. The van der Waals surface area contributed by atoms with Crippen LogP contribution >= 0.6 is 0 Å². The molecule has 0 spiro atoms. The van der Waals surface area contributed by atoms with E-state index in [-0.39, 0.29) is 17.5 Å². The van der Waals surface area contributed by atoms with Gasteiger partial charge in [-0.1, -0.05) is 24.3 Å². The zero-order valence-electron chi connectivity index (χ0n) is 9.41. The Morgan fingerprint density at radius 2 is 1.67 bits per heavy atom. The molecule has 0 heterocycles. The SMILES string of the molecule is OC(Cc1ccccc1F)c1ccc(F)cc1F. The largest absolute Gasteiger partial charge is 0.388 e. The van der Waals surface area contributed by atoms with Crippen molar-refractivity contribution in [1.29, 1.82) is 0 Å². The Morgan fingerprint density at radius 1 is 0.944 bits per heavy atom. The van der Waals surface area contributed by atoms with Crippen LogP contribution in [0, 0.1) is 17.5 Å². The first-order chi connectivity index (χ1) is 8.58. The average molecular weight is 252 g/mol. The average Bonchev–Trinajstić information content (AvgIpc) is 2.32. The highest BCUT2D eigenvalue weighted by atomic mass is 19.1. The van der Waals surface area contributed by atoms with Crippen LogP contribution < -0.4 is 0 Å². The molecule has 2 aromatic rings. The summed E-state index contributed by atoms with van der Waals surface area (Å²) >= 11 is 0. The van der Waals surface area contributed by atoms with E-state index in [1.807, 2.05) is 0 Å². The summed E-state index contributed by atoms with van der Waals surface area (Å²) in [5.74, 6) is -2.01. The lowest BCUT2D eigenvalue weighted by molar-refractivity contribution is 0.172. The first-order valence-electron chi connectivity index (χ1n) is 5.44. The van der Waals surface area contributed by atoms with Gasteiger partial charge in [-0.15, -0.1) is 0 Å². The van der Waals surface area contributed by atoms with Crippen LogP contribution in [-0.4, -0.2) is 5.11 Å². The second-order valence-corrected chi connectivity index (χ2v) is 3.98. The zero-order valence-corrected chi connectivity index (χ0v) is 9.41. The van der Waals surface area contributed by atoms with Crippen molar-refractivity contribution in [2.45, 2.75) is 12.5 Å². The van der Waals surface area contributed by atoms with Crippen LogP contribution in [0.15, 0.2) is 42.5 Å². The first kappa shape index (κ1) is 12.6. The van der Waals surface area contributed by atoms with Crippen molar-refractivity contribution in [2.24, 2.45) is 0 Å². The van der Waals surface area contributed by atoms with E-state index in [2.05, 4.69) is 0 Å². The van der Waals surface area contributed by atoms with Crippen LogP contribution in [0.2, 0.25) is 0 Å². The number of aliphatic hydroxyl groups excluding tert-OH is 1. The second-order valence-electron chi connectivity index (χ2n) is 3.98. The molecule has 18 heavy (non-hydrogen) atoms. The molecular weight excluding hydrogens is 241 g/mol. The van der Waals surface area contributed by atoms with Crippen molar-refractivity contribution in [3.05, 3.63) is 71.0 Å². The van der Waals surface area contributed by atoms with Crippen LogP contribution in [0.5, 0.6) is 0 Å². The minimum absolute atomic E-state index is 0.0420. The summed E-state index contributed by atoms with van der Waals surface area (Å²) in [6.45, 7) is 0. The first-order valence-corrected chi connectivity index (χ1v) is 5.44. The molecule has 0 fully saturated rings. The lowest BCUT2D eigenvalue weighted by Gasteiger charge is -2.12. The van der Waals surface area contributed by atoms with Gasteiger partial charge in [0.15, 0.2) is 0 Å². The minimum Gasteiger partial charge on any atom is -0.388 e. The maximum atomic E-state index is 13.4. The van der Waals surface area contributed by atoms with Crippen LogP contribution in [0.25, 0.3) is 0 Å². The second kappa shape index (κ2) is 5.23. The predicted molar refractivity (Wildman–Crippen MR) is 61.4 cm³/mol. The summed E-state index contributed by atoms with van der Waals surface area (Å²) in [6.07, 6.45) is -1.27. The zero-order chi connectivity index (χ0) is 13.1. The van der Waals surface area contributed by atoms with Gasteiger partial charge in [-0.05, 0) is 17.7 Å². The summed E-state index contributed by atoms with van der Waals surface area (Å²) in [6, 6.07) is 8.86. The molecule has 4 heteroatoms. The fourth-order valence-electron chi connectivity index (χ4n) is 1.75. The van der Waals surface area contributed by atoms with E-state index in [0.29, 0.717) is 6.07 Å². The van der Waals surface area contributed by atoms with Gasteiger partial charge in [0.2, 0.25) is 0 Å². The number of hydrogen-bond donors (Lipinski definition) is 1. The highest BCUT2D eigenvalue weighted by molar-refractivity contribution is 5.25. The van der Waals surface area contributed by atoms with Crippen molar-refractivity contribution in [1.82, 2.24) is 0 Å². The van der Waals surface area contributed by atoms with E-state index in [0.717, 1.165) is 12.1 Å². The molecule has 2 aromatic carbocycles. The number of aliphatic hydroxyl groups is 1. The van der Waals surface area contributed by atoms with E-state index >= 15 is 0 Å². The molecule has 0 radical (unpaired) electrons. The van der Waals surface area contributed by atoms with Gasteiger partial charge in [-0.3, -0.25) is 0 Å². The van der Waals surface area contributed by atoms with Gasteiger partial charge in [-0.2, -0.15) is 0 Å². The summed E-state index contributed by atoms with van der Waals surface area (Å²) in [5, 5.41) is 9.84. The molecular formula is C14H11F3O. The normalized spacial score (nSPS) is 12.4. The molecule has 1 unspecified atom stereocenters. The van der Waals surface area contributed by atoms with Gasteiger partial charge in [0, 0.05) is 18.1 Å². The quantitative estimate of drug-likeness (QED) is 0.887. The Bertz CT molecular complexity index is 554.